The Balaban J connectivity index is 2.79. The SMILES string of the molecule is C=C/C=C\C1=CCCC=C1C=C. The maximum atomic E-state index is 3.77. The van der Waals surface area contributed by atoms with Crippen molar-refractivity contribution in [1.82, 2.24) is 0 Å². The van der Waals surface area contributed by atoms with Crippen molar-refractivity contribution in [2.24, 2.45) is 0 Å². The predicted molar refractivity (Wildman–Crippen MR) is 54.9 cm³/mol. The molecule has 0 atom stereocenters. The molecule has 0 fully saturated rings. The fourth-order valence-electron chi connectivity index (χ4n) is 1.25. The first kappa shape index (κ1) is 8.79. The topological polar surface area (TPSA) is 0 Å². The molecule has 0 unspecified atom stereocenters. The summed E-state index contributed by atoms with van der Waals surface area (Å²) in [6.07, 6.45) is 14.4. The van der Waals surface area contributed by atoms with E-state index in [2.05, 4.69) is 31.4 Å². The lowest BCUT2D eigenvalue weighted by Gasteiger charge is -2.08. The lowest BCUT2D eigenvalue weighted by atomic mass is 9.97. The smallest absolute Gasteiger partial charge is 0.0227 e. The molecule has 62 valence electrons. The molecule has 0 bridgehead atoms. The minimum absolute atomic E-state index is 1.13. The molecule has 0 saturated heterocycles. The van der Waals surface area contributed by atoms with Crippen molar-refractivity contribution >= 4 is 0 Å². The first-order valence-electron chi connectivity index (χ1n) is 4.20. The maximum Gasteiger partial charge on any atom is -0.0227 e. The van der Waals surface area contributed by atoms with E-state index in [4.69, 9.17) is 0 Å². The van der Waals surface area contributed by atoms with Crippen LogP contribution in [0.15, 0.2) is 60.8 Å². The molecule has 0 spiro atoms. The maximum absolute atomic E-state index is 3.77. The molecule has 0 radical (unpaired) electrons. The number of hydrogen-bond acceptors (Lipinski definition) is 0. The molecule has 1 aliphatic carbocycles. The van der Waals surface area contributed by atoms with E-state index in [0.717, 1.165) is 12.8 Å². The van der Waals surface area contributed by atoms with Gasteiger partial charge >= 0.3 is 0 Å². The molecular weight excluding hydrogens is 144 g/mol. The molecule has 0 nitrogen and oxygen atoms in total. The number of allylic oxidation sites excluding steroid dienone is 8. The van der Waals surface area contributed by atoms with E-state index in [1.165, 1.54) is 11.1 Å². The van der Waals surface area contributed by atoms with Gasteiger partial charge in [-0.05, 0) is 24.0 Å². The van der Waals surface area contributed by atoms with Crippen LogP contribution in [-0.2, 0) is 0 Å². The normalized spacial score (nSPS) is 17.0. The van der Waals surface area contributed by atoms with E-state index in [-0.39, 0.29) is 0 Å². The Morgan fingerprint density at radius 3 is 2.33 bits per heavy atom. The summed E-state index contributed by atoms with van der Waals surface area (Å²) in [4.78, 5) is 0. The quantitative estimate of drug-likeness (QED) is 0.551. The molecule has 0 aliphatic heterocycles. The third-order valence-electron chi connectivity index (χ3n) is 1.86. The second-order valence-electron chi connectivity index (χ2n) is 2.70. The zero-order valence-corrected chi connectivity index (χ0v) is 7.29. The van der Waals surface area contributed by atoms with Crippen LogP contribution in [-0.4, -0.2) is 0 Å². The molecule has 1 aliphatic rings. The van der Waals surface area contributed by atoms with Crippen LogP contribution in [0.4, 0.5) is 0 Å². The highest BCUT2D eigenvalue weighted by molar-refractivity contribution is 5.47. The molecule has 0 saturated carbocycles. The highest BCUT2D eigenvalue weighted by Crippen LogP contribution is 2.20. The minimum atomic E-state index is 1.13. The molecule has 12 heavy (non-hydrogen) atoms. The monoisotopic (exact) mass is 158 g/mol. The van der Waals surface area contributed by atoms with Crippen molar-refractivity contribution in [1.29, 1.82) is 0 Å². The third kappa shape index (κ3) is 2.09. The van der Waals surface area contributed by atoms with Gasteiger partial charge in [-0.1, -0.05) is 49.6 Å². The van der Waals surface area contributed by atoms with Crippen LogP contribution < -0.4 is 0 Å². The summed E-state index contributed by atoms with van der Waals surface area (Å²) < 4.78 is 0. The summed E-state index contributed by atoms with van der Waals surface area (Å²) in [5.74, 6) is 0. The van der Waals surface area contributed by atoms with Crippen LogP contribution in [0.1, 0.15) is 12.8 Å². The van der Waals surface area contributed by atoms with Gasteiger partial charge in [-0.2, -0.15) is 0 Å². The molecule has 0 amide bonds. The first-order valence-corrected chi connectivity index (χ1v) is 4.20. The van der Waals surface area contributed by atoms with E-state index < -0.39 is 0 Å². The highest BCUT2D eigenvalue weighted by Gasteiger charge is 2.00. The van der Waals surface area contributed by atoms with Gasteiger partial charge in [0.15, 0.2) is 0 Å². The van der Waals surface area contributed by atoms with Gasteiger partial charge in [0, 0.05) is 0 Å². The van der Waals surface area contributed by atoms with Gasteiger partial charge in [0.1, 0.15) is 0 Å². The Hall–Kier alpha value is -1.30. The van der Waals surface area contributed by atoms with Crippen LogP contribution in [0, 0.1) is 0 Å². The molecule has 1 rings (SSSR count). The predicted octanol–water partition coefficient (Wildman–Crippen LogP) is 3.56. The van der Waals surface area contributed by atoms with Crippen molar-refractivity contribution in [3.05, 3.63) is 60.8 Å². The fraction of sp³-hybridized carbons (Fsp3) is 0.167. The summed E-state index contributed by atoms with van der Waals surface area (Å²) in [5.41, 5.74) is 2.50. The third-order valence-corrected chi connectivity index (χ3v) is 1.86. The van der Waals surface area contributed by atoms with Gasteiger partial charge in [-0.15, -0.1) is 0 Å². The van der Waals surface area contributed by atoms with Gasteiger partial charge < -0.3 is 0 Å². The largest absolute Gasteiger partial charge is 0.0991 e. The summed E-state index contributed by atoms with van der Waals surface area (Å²) in [6, 6.07) is 0. The van der Waals surface area contributed by atoms with E-state index in [9.17, 15) is 0 Å². The van der Waals surface area contributed by atoms with Crippen molar-refractivity contribution in [2.75, 3.05) is 0 Å². The lowest BCUT2D eigenvalue weighted by Crippen LogP contribution is -1.88. The summed E-state index contributed by atoms with van der Waals surface area (Å²) in [7, 11) is 0. The number of hydrogen-bond donors (Lipinski definition) is 0. The van der Waals surface area contributed by atoms with Crippen LogP contribution >= 0.6 is 0 Å². The summed E-state index contributed by atoms with van der Waals surface area (Å²) >= 11 is 0. The van der Waals surface area contributed by atoms with Crippen molar-refractivity contribution in [3.8, 4) is 0 Å². The van der Waals surface area contributed by atoms with Crippen LogP contribution in [0.3, 0.4) is 0 Å². The van der Waals surface area contributed by atoms with Crippen molar-refractivity contribution in [2.45, 2.75) is 12.8 Å². The average Bonchev–Trinajstić information content (AvgIpc) is 2.15. The first-order chi connectivity index (χ1) is 5.88. The van der Waals surface area contributed by atoms with Gasteiger partial charge in [0.2, 0.25) is 0 Å². The Labute approximate surface area is 74.3 Å². The Kier molecular flexibility index (Phi) is 3.34. The zero-order valence-electron chi connectivity index (χ0n) is 7.29. The Bertz CT molecular complexity index is 262. The molecule has 0 heteroatoms. The van der Waals surface area contributed by atoms with Crippen molar-refractivity contribution < 1.29 is 0 Å². The van der Waals surface area contributed by atoms with E-state index in [1.807, 2.05) is 12.2 Å². The van der Waals surface area contributed by atoms with Gasteiger partial charge in [-0.3, -0.25) is 0 Å². The molecule has 0 aromatic rings. The molecule has 0 aromatic carbocycles. The zero-order chi connectivity index (χ0) is 8.81. The van der Waals surface area contributed by atoms with E-state index in [1.54, 1.807) is 6.08 Å². The molecular formula is C12H14. The Morgan fingerprint density at radius 1 is 1.08 bits per heavy atom. The Morgan fingerprint density at radius 2 is 1.75 bits per heavy atom. The van der Waals surface area contributed by atoms with Gasteiger partial charge in [0.05, 0.1) is 0 Å². The molecule has 0 heterocycles. The standard InChI is InChI=1S/C12H14/c1-3-5-8-12-10-7-6-9-11(12)4-2/h3-5,8-10H,1-2,6-7H2/b8-5-. The second-order valence-corrected chi connectivity index (χ2v) is 2.70. The van der Waals surface area contributed by atoms with Crippen LogP contribution in [0.5, 0.6) is 0 Å². The summed E-state index contributed by atoms with van der Waals surface area (Å²) in [6.45, 7) is 7.41. The van der Waals surface area contributed by atoms with Crippen molar-refractivity contribution in [3.63, 3.8) is 0 Å². The van der Waals surface area contributed by atoms with Crippen LogP contribution in [0.25, 0.3) is 0 Å². The van der Waals surface area contributed by atoms with E-state index in [0.29, 0.717) is 0 Å². The van der Waals surface area contributed by atoms with Crippen LogP contribution in [0.2, 0.25) is 0 Å². The minimum Gasteiger partial charge on any atom is -0.0991 e. The lowest BCUT2D eigenvalue weighted by molar-refractivity contribution is 1.01. The highest BCUT2D eigenvalue weighted by atomic mass is 14.1. The van der Waals surface area contributed by atoms with Gasteiger partial charge in [0.25, 0.3) is 0 Å². The second kappa shape index (κ2) is 4.55. The molecule has 0 N–H and O–H groups in total. The fourth-order valence-corrected chi connectivity index (χ4v) is 1.25. The van der Waals surface area contributed by atoms with Gasteiger partial charge in [-0.25, -0.2) is 0 Å². The molecule has 0 aromatic heterocycles. The number of rotatable bonds is 3. The van der Waals surface area contributed by atoms with E-state index >= 15 is 0 Å². The average molecular weight is 158 g/mol. The summed E-state index contributed by atoms with van der Waals surface area (Å²) in [5, 5.41) is 0.